The molecule has 1 unspecified atom stereocenters. The maximum absolute atomic E-state index is 12.1. The van der Waals surface area contributed by atoms with Gasteiger partial charge in [-0.05, 0) is 18.4 Å². The number of ether oxygens (including phenoxy) is 2. The molecule has 0 radical (unpaired) electrons. The third-order valence-electron chi connectivity index (χ3n) is 4.42. The van der Waals surface area contributed by atoms with Crippen molar-refractivity contribution < 1.29 is 24.3 Å². The van der Waals surface area contributed by atoms with Gasteiger partial charge in [-0.15, -0.1) is 0 Å². The molecule has 0 aliphatic carbocycles. The van der Waals surface area contributed by atoms with Crippen molar-refractivity contribution in [2.24, 2.45) is 11.8 Å². The molecule has 7 heteroatoms. The highest BCUT2D eigenvalue weighted by Crippen LogP contribution is 2.43. The van der Waals surface area contributed by atoms with Crippen molar-refractivity contribution in [1.29, 1.82) is 0 Å². The predicted molar refractivity (Wildman–Crippen MR) is 85.8 cm³/mol. The first-order chi connectivity index (χ1) is 11.4. The smallest absolute Gasteiger partial charge is 0.342 e. The molecule has 1 N–H and O–H groups in total. The van der Waals surface area contributed by atoms with E-state index in [0.717, 1.165) is 0 Å². The average Bonchev–Trinajstić information content (AvgIpc) is 2.54. The predicted octanol–water partition coefficient (Wildman–Crippen LogP) is 1.97. The van der Waals surface area contributed by atoms with Crippen LogP contribution in [0.2, 0.25) is 0 Å². The fourth-order valence-corrected chi connectivity index (χ4v) is 3.41. The summed E-state index contributed by atoms with van der Waals surface area (Å²) in [5.74, 6) is -2.05. The Kier molecular flexibility index (Phi) is 5.90. The van der Waals surface area contributed by atoms with Crippen molar-refractivity contribution in [1.82, 2.24) is 0 Å². The Morgan fingerprint density at radius 1 is 1.38 bits per heavy atom. The van der Waals surface area contributed by atoms with Gasteiger partial charge in [-0.25, -0.2) is 4.79 Å². The van der Waals surface area contributed by atoms with Crippen LogP contribution in [-0.4, -0.2) is 41.0 Å². The van der Waals surface area contributed by atoms with E-state index in [1.54, 1.807) is 31.2 Å². The molecule has 0 spiro atoms. The van der Waals surface area contributed by atoms with Gasteiger partial charge in [0.05, 0.1) is 12.5 Å². The van der Waals surface area contributed by atoms with E-state index < -0.39 is 41.2 Å². The lowest BCUT2D eigenvalue weighted by atomic mass is 9.71. The average molecular weight is 337 g/mol. The molecule has 0 bridgehead atoms. The Bertz CT molecular complexity index is 576. The maximum atomic E-state index is 12.1. The number of nitro groups is 1. The number of rotatable bonds is 5. The van der Waals surface area contributed by atoms with E-state index in [4.69, 9.17) is 9.47 Å². The highest BCUT2D eigenvalue weighted by Gasteiger charge is 2.56. The van der Waals surface area contributed by atoms with Crippen LogP contribution < -0.4 is 0 Å². The molecule has 7 nitrogen and oxygen atoms in total. The zero-order valence-electron chi connectivity index (χ0n) is 14.0. The Balaban J connectivity index is 2.51. The summed E-state index contributed by atoms with van der Waals surface area (Å²) >= 11 is 0. The van der Waals surface area contributed by atoms with Crippen LogP contribution in [0.5, 0.6) is 0 Å². The van der Waals surface area contributed by atoms with E-state index in [9.17, 15) is 20.0 Å². The molecule has 1 aromatic rings. The monoisotopic (exact) mass is 337 g/mol. The largest absolute Gasteiger partial charge is 0.464 e. The van der Waals surface area contributed by atoms with Gasteiger partial charge in [-0.2, -0.15) is 0 Å². The topological polar surface area (TPSA) is 98.9 Å². The van der Waals surface area contributed by atoms with Crippen molar-refractivity contribution in [2.75, 3.05) is 6.61 Å². The molecular weight excluding hydrogens is 314 g/mol. The second-order valence-electron chi connectivity index (χ2n) is 6.23. The van der Waals surface area contributed by atoms with Crippen LogP contribution in [0.25, 0.3) is 0 Å². The van der Waals surface area contributed by atoms with Crippen LogP contribution in [0.3, 0.4) is 0 Å². The van der Waals surface area contributed by atoms with Crippen LogP contribution in [0.4, 0.5) is 0 Å². The van der Waals surface area contributed by atoms with Crippen molar-refractivity contribution in [3.63, 3.8) is 0 Å². The molecule has 1 heterocycles. The molecule has 1 aliphatic rings. The van der Waals surface area contributed by atoms with E-state index in [0.29, 0.717) is 5.56 Å². The van der Waals surface area contributed by atoms with Gasteiger partial charge in [-0.1, -0.05) is 44.2 Å². The summed E-state index contributed by atoms with van der Waals surface area (Å²) in [6.45, 7) is 5.44. The van der Waals surface area contributed by atoms with Gasteiger partial charge >= 0.3 is 5.97 Å². The summed E-state index contributed by atoms with van der Waals surface area (Å²) in [7, 11) is 0. The molecule has 132 valence electrons. The maximum Gasteiger partial charge on any atom is 0.342 e. The number of carbonyl (C=O) groups is 1. The first-order valence-electron chi connectivity index (χ1n) is 8.07. The minimum absolute atomic E-state index is 0.0733. The van der Waals surface area contributed by atoms with Crippen molar-refractivity contribution in [2.45, 2.75) is 45.1 Å². The molecule has 1 saturated heterocycles. The standard InChI is InChI=1S/C17H23NO6/c1-4-23-17(20)15-14(18(21)22)13(11-8-6-5-7-9-11)12(10(2)3)16(19)24-15/h5-10,12-16,19H,4H2,1-3H3/t12-,13-,14-,15+,16?/m1/s1. The molecule has 5 atom stereocenters. The molecule has 1 aromatic carbocycles. The van der Waals surface area contributed by atoms with Gasteiger partial charge in [0.15, 0.2) is 6.29 Å². The van der Waals surface area contributed by atoms with Crippen molar-refractivity contribution in [3.05, 3.63) is 46.0 Å². The third-order valence-corrected chi connectivity index (χ3v) is 4.42. The van der Waals surface area contributed by atoms with Crippen LogP contribution in [0.1, 0.15) is 32.3 Å². The van der Waals surface area contributed by atoms with E-state index in [-0.39, 0.29) is 12.5 Å². The Hall–Kier alpha value is -1.99. The van der Waals surface area contributed by atoms with Gasteiger partial charge in [0, 0.05) is 10.8 Å². The summed E-state index contributed by atoms with van der Waals surface area (Å²) in [5.41, 5.74) is 0.703. The van der Waals surface area contributed by atoms with Crippen LogP contribution in [0, 0.1) is 22.0 Å². The van der Waals surface area contributed by atoms with E-state index in [2.05, 4.69) is 0 Å². The third kappa shape index (κ3) is 3.57. The van der Waals surface area contributed by atoms with Gasteiger partial charge in [0.25, 0.3) is 6.04 Å². The number of hydrogen-bond donors (Lipinski definition) is 1. The Morgan fingerprint density at radius 2 is 2.00 bits per heavy atom. The SMILES string of the molecule is CCOC(=O)[C@H]1OC(O)[C@H](C(C)C)[C@@H](c2ccccc2)[C@H]1[N+](=O)[O-]. The summed E-state index contributed by atoms with van der Waals surface area (Å²) in [6.07, 6.45) is -2.71. The fourth-order valence-electron chi connectivity index (χ4n) is 3.41. The number of aliphatic hydroxyl groups is 1. The minimum Gasteiger partial charge on any atom is -0.464 e. The van der Waals surface area contributed by atoms with Crippen molar-refractivity contribution in [3.8, 4) is 0 Å². The number of nitrogens with zero attached hydrogens (tertiary/aromatic N) is 1. The highest BCUT2D eigenvalue weighted by molar-refractivity contribution is 5.76. The number of aliphatic hydroxyl groups excluding tert-OH is 1. The lowest BCUT2D eigenvalue weighted by molar-refractivity contribution is -0.550. The molecule has 1 fully saturated rings. The lowest BCUT2D eigenvalue weighted by Gasteiger charge is -2.42. The van der Waals surface area contributed by atoms with Gasteiger partial charge < -0.3 is 14.6 Å². The summed E-state index contributed by atoms with van der Waals surface area (Å²) in [6, 6.07) is 7.61. The van der Waals surface area contributed by atoms with Gasteiger partial charge in [0.1, 0.15) is 0 Å². The minimum atomic E-state index is -1.44. The zero-order chi connectivity index (χ0) is 17.9. The number of benzene rings is 1. The molecular formula is C17H23NO6. The summed E-state index contributed by atoms with van der Waals surface area (Å²) in [4.78, 5) is 23.4. The molecule has 0 amide bonds. The number of esters is 1. The Morgan fingerprint density at radius 3 is 2.50 bits per heavy atom. The van der Waals surface area contributed by atoms with E-state index >= 15 is 0 Å². The van der Waals surface area contributed by atoms with E-state index in [1.807, 2.05) is 19.9 Å². The highest BCUT2D eigenvalue weighted by atomic mass is 16.7. The zero-order valence-corrected chi connectivity index (χ0v) is 14.0. The quantitative estimate of drug-likeness (QED) is 0.501. The van der Waals surface area contributed by atoms with Crippen molar-refractivity contribution >= 4 is 5.97 Å². The number of hydrogen-bond acceptors (Lipinski definition) is 6. The molecule has 1 aliphatic heterocycles. The normalized spacial score (nSPS) is 30.1. The molecule has 24 heavy (non-hydrogen) atoms. The van der Waals surface area contributed by atoms with Crippen LogP contribution in [0.15, 0.2) is 30.3 Å². The van der Waals surface area contributed by atoms with Crippen LogP contribution >= 0.6 is 0 Å². The molecule has 2 rings (SSSR count). The van der Waals surface area contributed by atoms with Gasteiger partial charge in [0.2, 0.25) is 6.10 Å². The second kappa shape index (κ2) is 7.72. The van der Waals surface area contributed by atoms with Crippen LogP contribution in [-0.2, 0) is 14.3 Å². The molecule has 0 aromatic heterocycles. The first-order valence-corrected chi connectivity index (χ1v) is 8.07. The summed E-state index contributed by atoms with van der Waals surface area (Å²) < 4.78 is 10.3. The van der Waals surface area contributed by atoms with E-state index in [1.165, 1.54) is 0 Å². The first kappa shape index (κ1) is 18.4. The summed E-state index contributed by atoms with van der Waals surface area (Å²) in [5, 5.41) is 22.2. The Labute approximate surface area is 140 Å². The second-order valence-corrected chi connectivity index (χ2v) is 6.23. The van der Waals surface area contributed by atoms with Gasteiger partial charge in [-0.3, -0.25) is 10.1 Å². The number of carbonyl (C=O) groups excluding carboxylic acids is 1. The fraction of sp³-hybridized carbons (Fsp3) is 0.588. The lowest BCUT2D eigenvalue weighted by Crippen LogP contribution is -2.57. The molecule has 0 saturated carbocycles.